The number of carbonyl (C=O) groups excluding carboxylic acids is 4. The number of primary amides is 1. The molecule has 0 unspecified atom stereocenters. The third-order valence-electron chi connectivity index (χ3n) is 7.91. The Morgan fingerprint density at radius 1 is 1.20 bits per heavy atom. The van der Waals surface area contributed by atoms with Crippen LogP contribution in [0.3, 0.4) is 0 Å². The van der Waals surface area contributed by atoms with E-state index in [0.717, 1.165) is 0 Å². The number of carbonyl (C=O) groups is 4. The first-order valence-corrected chi connectivity index (χ1v) is 13.1. The maximum Gasteiger partial charge on any atom is 0.411 e. The van der Waals surface area contributed by atoms with E-state index in [1.54, 1.807) is 14.1 Å². The number of phenolic OH excluding ortho intramolecular Hbond substituents is 1. The first-order valence-electron chi connectivity index (χ1n) is 13.1. The number of allylic oxidation sites excluding steroid dienone is 1. The van der Waals surface area contributed by atoms with Gasteiger partial charge in [0.25, 0.3) is 5.91 Å². The van der Waals surface area contributed by atoms with E-state index in [1.165, 1.54) is 11.0 Å². The van der Waals surface area contributed by atoms with Crippen LogP contribution in [0.4, 0.5) is 10.5 Å². The number of aromatic hydroxyl groups is 1. The van der Waals surface area contributed by atoms with Crippen LogP contribution in [-0.2, 0) is 27.3 Å². The highest BCUT2D eigenvalue weighted by molar-refractivity contribution is 6.25. The van der Waals surface area contributed by atoms with Crippen molar-refractivity contribution in [2.75, 3.05) is 26.0 Å². The molecule has 13 nitrogen and oxygen atoms in total. The first-order chi connectivity index (χ1) is 18.9. The van der Waals surface area contributed by atoms with Crippen molar-refractivity contribution < 1.29 is 44.3 Å². The second kappa shape index (κ2) is 10.2. The van der Waals surface area contributed by atoms with Gasteiger partial charge < -0.3 is 36.6 Å². The van der Waals surface area contributed by atoms with Crippen LogP contribution in [0.25, 0.3) is 0 Å². The molecule has 3 aliphatic carbocycles. The van der Waals surface area contributed by atoms with Crippen molar-refractivity contribution in [3.8, 4) is 5.75 Å². The topological polar surface area (TPSA) is 226 Å². The Morgan fingerprint density at radius 2 is 1.83 bits per heavy atom. The van der Waals surface area contributed by atoms with Gasteiger partial charge in [-0.3, -0.25) is 24.6 Å². The number of nitrogens with one attached hydrogen (secondary N) is 1. The third-order valence-corrected chi connectivity index (χ3v) is 7.91. The molecule has 4 rings (SSSR count). The number of likely N-dealkylation sites (N-methyl/N-ethyl adjacent to an activating group) is 1. The molecule has 4 atom stereocenters. The Morgan fingerprint density at radius 3 is 2.37 bits per heavy atom. The SMILES string of the molecule is CN(C)[C@H]1C(O)=C(C(N)=O)C(=O)[C@]2(O)C(O)=C3C(=O)c4c(O)c(NC(=O)OCC(C)(C)C)cc(CN)c4C[C@@H]3C[C@H]12. The molecule has 0 spiro atoms. The summed E-state index contributed by atoms with van der Waals surface area (Å²) >= 11 is 0. The first kappa shape index (κ1) is 30.0. The summed E-state index contributed by atoms with van der Waals surface area (Å²) in [6, 6.07) is 0.349. The number of aliphatic hydroxyl groups excluding tert-OH is 2. The largest absolute Gasteiger partial charge is 0.510 e. The monoisotopic (exact) mass is 572 g/mol. The van der Waals surface area contributed by atoms with Crippen molar-refractivity contribution in [2.24, 2.45) is 28.7 Å². The summed E-state index contributed by atoms with van der Waals surface area (Å²) in [5, 5.41) is 47.5. The molecule has 0 saturated heterocycles. The van der Waals surface area contributed by atoms with Gasteiger partial charge in [0, 0.05) is 18.0 Å². The number of benzene rings is 1. The Kier molecular flexibility index (Phi) is 7.44. The van der Waals surface area contributed by atoms with Crippen LogP contribution in [0.5, 0.6) is 5.75 Å². The van der Waals surface area contributed by atoms with Crippen molar-refractivity contribution in [3.63, 3.8) is 0 Å². The van der Waals surface area contributed by atoms with Gasteiger partial charge in [-0.1, -0.05) is 20.8 Å². The molecule has 1 aromatic rings. The molecule has 0 radical (unpaired) electrons. The van der Waals surface area contributed by atoms with Crippen molar-refractivity contribution in [1.82, 2.24) is 4.90 Å². The molecule has 41 heavy (non-hydrogen) atoms. The van der Waals surface area contributed by atoms with Crippen LogP contribution in [-0.4, -0.2) is 81.2 Å². The number of nitrogens with two attached hydrogens (primary N) is 2. The van der Waals surface area contributed by atoms with Gasteiger partial charge >= 0.3 is 6.09 Å². The lowest BCUT2D eigenvalue weighted by molar-refractivity contribution is -0.148. The molecule has 0 heterocycles. The molecule has 0 aliphatic heterocycles. The number of fused-ring (bicyclic) bond motifs is 3. The van der Waals surface area contributed by atoms with Crippen LogP contribution in [0.2, 0.25) is 0 Å². The van der Waals surface area contributed by atoms with Crippen molar-refractivity contribution >= 4 is 29.3 Å². The van der Waals surface area contributed by atoms with Gasteiger partial charge in [0.1, 0.15) is 17.1 Å². The Balaban J connectivity index is 1.85. The second-order valence-corrected chi connectivity index (χ2v) is 12.2. The third kappa shape index (κ3) is 4.73. The summed E-state index contributed by atoms with van der Waals surface area (Å²) in [6.45, 7) is 5.61. The summed E-state index contributed by atoms with van der Waals surface area (Å²) < 4.78 is 5.20. The molecular formula is C28H36N4O9. The summed E-state index contributed by atoms with van der Waals surface area (Å²) in [7, 11) is 3.11. The Hall–Kier alpha value is -3.94. The van der Waals surface area contributed by atoms with Crippen LogP contribution < -0.4 is 16.8 Å². The van der Waals surface area contributed by atoms with E-state index in [0.29, 0.717) is 11.1 Å². The van der Waals surface area contributed by atoms with Crippen LogP contribution >= 0.6 is 0 Å². The predicted octanol–water partition coefficient (Wildman–Crippen LogP) is 1.17. The van der Waals surface area contributed by atoms with E-state index >= 15 is 0 Å². The minimum atomic E-state index is -2.75. The fraction of sp³-hybridized carbons (Fsp3) is 0.500. The smallest absolute Gasteiger partial charge is 0.411 e. The Labute approximate surface area is 236 Å². The minimum absolute atomic E-state index is 0.0460. The quantitative estimate of drug-likeness (QED) is 0.196. The predicted molar refractivity (Wildman–Crippen MR) is 146 cm³/mol. The van der Waals surface area contributed by atoms with Gasteiger partial charge in [0.2, 0.25) is 5.78 Å². The van der Waals surface area contributed by atoms with Crippen LogP contribution in [0.15, 0.2) is 28.7 Å². The van der Waals surface area contributed by atoms with Crippen LogP contribution in [0.1, 0.15) is 48.7 Å². The highest BCUT2D eigenvalue weighted by Crippen LogP contribution is 2.53. The molecule has 1 aromatic carbocycles. The molecule has 2 amide bonds. The van der Waals surface area contributed by atoms with Gasteiger partial charge in [0.15, 0.2) is 17.1 Å². The summed E-state index contributed by atoms with van der Waals surface area (Å²) in [5.41, 5.74) is 7.50. The number of phenols is 1. The molecule has 9 N–H and O–H groups in total. The molecule has 0 bridgehead atoms. The lowest BCUT2D eigenvalue weighted by Crippen LogP contribution is -2.63. The van der Waals surface area contributed by atoms with Crippen molar-refractivity contribution in [2.45, 2.75) is 51.8 Å². The van der Waals surface area contributed by atoms with Gasteiger partial charge in [-0.25, -0.2) is 4.79 Å². The van der Waals surface area contributed by atoms with Gasteiger partial charge in [0.05, 0.1) is 23.9 Å². The van der Waals surface area contributed by atoms with E-state index < -0.39 is 69.9 Å². The number of ketones is 2. The number of rotatable bonds is 5. The van der Waals surface area contributed by atoms with Crippen molar-refractivity contribution in [3.05, 3.63) is 45.4 Å². The fourth-order valence-corrected chi connectivity index (χ4v) is 6.10. The van der Waals surface area contributed by atoms with Crippen LogP contribution in [0, 0.1) is 17.3 Å². The van der Waals surface area contributed by atoms with Gasteiger partial charge in [-0.2, -0.15) is 0 Å². The molecule has 13 heteroatoms. The molecule has 0 fully saturated rings. The zero-order valence-electron chi connectivity index (χ0n) is 23.6. The molecule has 222 valence electrons. The van der Waals surface area contributed by atoms with E-state index in [4.69, 9.17) is 16.2 Å². The van der Waals surface area contributed by atoms with Crippen molar-refractivity contribution in [1.29, 1.82) is 0 Å². The second-order valence-electron chi connectivity index (χ2n) is 12.2. The number of aliphatic hydroxyl groups is 3. The number of hydrogen-bond donors (Lipinski definition) is 7. The lowest BCUT2D eigenvalue weighted by Gasteiger charge is -2.50. The zero-order chi connectivity index (χ0) is 30.8. The summed E-state index contributed by atoms with van der Waals surface area (Å²) in [4.78, 5) is 53.3. The highest BCUT2D eigenvalue weighted by atomic mass is 16.5. The van der Waals surface area contributed by atoms with Gasteiger partial charge in [-0.05, 0) is 55.5 Å². The Bertz CT molecular complexity index is 1420. The number of anilines is 1. The molecule has 0 aromatic heterocycles. The number of Topliss-reactive ketones (excluding diaryl/α,β-unsaturated/α-hetero) is 2. The lowest BCUT2D eigenvalue weighted by atomic mass is 9.58. The number of hydrogen-bond acceptors (Lipinski definition) is 11. The minimum Gasteiger partial charge on any atom is -0.510 e. The normalized spacial score (nSPS) is 26.0. The maximum absolute atomic E-state index is 13.9. The maximum atomic E-state index is 13.9. The van der Waals surface area contributed by atoms with E-state index in [-0.39, 0.29) is 48.2 Å². The average Bonchev–Trinajstić information content (AvgIpc) is 2.85. The molecule has 0 saturated carbocycles. The number of amides is 2. The molecule has 3 aliphatic rings. The van der Waals surface area contributed by atoms with E-state index in [2.05, 4.69) is 5.32 Å². The summed E-state index contributed by atoms with van der Waals surface area (Å²) in [6.07, 6.45) is -0.830. The average molecular weight is 573 g/mol. The molecular weight excluding hydrogens is 536 g/mol. The van der Waals surface area contributed by atoms with E-state index in [9.17, 15) is 39.6 Å². The van der Waals surface area contributed by atoms with E-state index in [1.807, 2.05) is 20.8 Å². The van der Waals surface area contributed by atoms with Gasteiger partial charge in [-0.15, -0.1) is 0 Å². The zero-order valence-corrected chi connectivity index (χ0v) is 23.6. The number of nitrogens with zero attached hydrogens (tertiary/aromatic N) is 1. The number of ether oxygens (including phenoxy) is 1. The fourth-order valence-electron chi connectivity index (χ4n) is 6.10. The highest BCUT2D eigenvalue weighted by Gasteiger charge is 2.63. The summed E-state index contributed by atoms with van der Waals surface area (Å²) in [5.74, 6) is -7.59. The standard InChI is InChI=1S/C28H36N4O9/c1-27(2,3)10-41-26(39)31-15-8-12(9-29)13-6-11-7-14-19(32(4)5)22(35)18(25(30)38)24(37)28(14,40)23(36)16(11)21(34)17(13)20(15)33/h8,11,14,19,33,35-36,40H,6-7,9-10,29H2,1-5H3,(H2,30,38)(H,31,39)/t11-,14-,19-,28-/m1/s1.